The van der Waals surface area contributed by atoms with E-state index >= 15 is 0 Å². The summed E-state index contributed by atoms with van der Waals surface area (Å²) in [6.07, 6.45) is -0.249. The quantitative estimate of drug-likeness (QED) is 0.629. The normalized spacial score (nSPS) is 16.3. The van der Waals surface area contributed by atoms with Gasteiger partial charge in [0.15, 0.2) is 0 Å². The minimum absolute atomic E-state index is 0.249. The van der Waals surface area contributed by atoms with Gasteiger partial charge in [0.1, 0.15) is 6.61 Å². The van der Waals surface area contributed by atoms with E-state index in [4.69, 9.17) is 4.74 Å². The molecule has 3 heteroatoms. The number of nitrogens with zero attached hydrogens (tertiary/aromatic N) is 1. The van der Waals surface area contributed by atoms with Gasteiger partial charge in [-0.1, -0.05) is 18.2 Å². The summed E-state index contributed by atoms with van der Waals surface area (Å²) in [5, 5.41) is 0. The number of carbonyl (C=O) groups is 1. The minimum Gasteiger partial charge on any atom is -0.447 e. The molecule has 0 aromatic heterocycles. The van der Waals surface area contributed by atoms with Crippen molar-refractivity contribution in [2.75, 3.05) is 18.1 Å². The average Bonchev–Trinajstić information content (AvgIpc) is 2.53. The van der Waals surface area contributed by atoms with Crippen LogP contribution in [0.5, 0.6) is 0 Å². The van der Waals surface area contributed by atoms with Gasteiger partial charge in [0.2, 0.25) is 0 Å². The van der Waals surface area contributed by atoms with Gasteiger partial charge in [-0.2, -0.15) is 0 Å². The number of benzene rings is 1. The van der Waals surface area contributed by atoms with Crippen molar-refractivity contribution in [2.24, 2.45) is 0 Å². The molecule has 2 rings (SSSR count). The SMILES string of the molecule is O=C1OCCN1c1ccccc1. The highest BCUT2D eigenvalue weighted by Gasteiger charge is 2.22. The Bertz CT molecular complexity index is 284. The molecule has 1 fully saturated rings. The maximum absolute atomic E-state index is 11.1. The fraction of sp³-hybridized carbons (Fsp3) is 0.222. The number of carbonyl (C=O) groups excluding carboxylic acids is 1. The molecule has 1 saturated heterocycles. The molecule has 1 aromatic rings. The molecule has 1 aliphatic heterocycles. The first-order valence-corrected chi connectivity index (χ1v) is 3.87. The van der Waals surface area contributed by atoms with Crippen LogP contribution in [0.15, 0.2) is 30.3 Å². The number of ether oxygens (including phenoxy) is 1. The van der Waals surface area contributed by atoms with Gasteiger partial charge < -0.3 is 4.74 Å². The number of amides is 1. The summed E-state index contributed by atoms with van der Waals surface area (Å²) in [6.45, 7) is 1.15. The van der Waals surface area contributed by atoms with E-state index in [0.29, 0.717) is 13.2 Å². The van der Waals surface area contributed by atoms with E-state index in [0.717, 1.165) is 5.69 Å². The molecule has 0 aliphatic carbocycles. The summed E-state index contributed by atoms with van der Waals surface area (Å²) in [6, 6.07) is 9.52. The van der Waals surface area contributed by atoms with E-state index in [2.05, 4.69) is 0 Å². The van der Waals surface area contributed by atoms with Crippen molar-refractivity contribution in [1.82, 2.24) is 0 Å². The van der Waals surface area contributed by atoms with E-state index < -0.39 is 0 Å². The zero-order valence-electron chi connectivity index (χ0n) is 6.56. The lowest BCUT2D eigenvalue weighted by Gasteiger charge is -2.11. The van der Waals surface area contributed by atoms with Crippen molar-refractivity contribution in [1.29, 1.82) is 0 Å². The first kappa shape index (κ1) is 7.16. The summed E-state index contributed by atoms with van der Waals surface area (Å²) in [5.74, 6) is 0. The van der Waals surface area contributed by atoms with E-state index in [-0.39, 0.29) is 6.09 Å². The van der Waals surface area contributed by atoms with Gasteiger partial charge in [-0.05, 0) is 12.1 Å². The van der Waals surface area contributed by atoms with Crippen LogP contribution in [-0.4, -0.2) is 19.2 Å². The standard InChI is InChI=1S/C9H9NO2/c11-9-10(6-7-12-9)8-4-2-1-3-5-8/h1-5H,6-7H2. The molecule has 0 unspecified atom stereocenters. The number of hydrogen-bond acceptors (Lipinski definition) is 2. The number of para-hydroxylation sites is 1. The first-order valence-electron chi connectivity index (χ1n) is 3.87. The molecule has 3 nitrogen and oxygen atoms in total. The predicted octanol–water partition coefficient (Wildman–Crippen LogP) is 1.64. The van der Waals surface area contributed by atoms with Crippen LogP contribution >= 0.6 is 0 Å². The van der Waals surface area contributed by atoms with Crippen LogP contribution in [0.4, 0.5) is 10.5 Å². The van der Waals surface area contributed by atoms with Crippen LogP contribution in [0.3, 0.4) is 0 Å². The molecule has 62 valence electrons. The van der Waals surface area contributed by atoms with Gasteiger partial charge in [0.05, 0.1) is 6.54 Å². The van der Waals surface area contributed by atoms with Gasteiger partial charge in [0, 0.05) is 5.69 Å². The Hall–Kier alpha value is -1.51. The van der Waals surface area contributed by atoms with Crippen molar-refractivity contribution in [3.05, 3.63) is 30.3 Å². The highest BCUT2D eigenvalue weighted by Crippen LogP contribution is 2.16. The molecule has 0 bridgehead atoms. The van der Waals surface area contributed by atoms with Crippen LogP contribution in [-0.2, 0) is 4.74 Å². The predicted molar refractivity (Wildman–Crippen MR) is 45.1 cm³/mol. The molecular formula is C9H9NO2. The largest absolute Gasteiger partial charge is 0.447 e. The third kappa shape index (κ3) is 1.13. The van der Waals surface area contributed by atoms with Crippen molar-refractivity contribution in [2.45, 2.75) is 0 Å². The van der Waals surface area contributed by atoms with Crippen LogP contribution in [0, 0.1) is 0 Å². The molecule has 1 amide bonds. The number of cyclic esters (lactones) is 1. The zero-order chi connectivity index (χ0) is 8.39. The molecule has 0 spiro atoms. The smallest absolute Gasteiger partial charge is 0.414 e. The highest BCUT2D eigenvalue weighted by molar-refractivity contribution is 5.89. The van der Waals surface area contributed by atoms with Crippen LogP contribution in [0.1, 0.15) is 0 Å². The van der Waals surface area contributed by atoms with Crippen LogP contribution in [0.25, 0.3) is 0 Å². The van der Waals surface area contributed by atoms with Gasteiger partial charge >= 0.3 is 6.09 Å². The molecule has 1 heterocycles. The number of anilines is 1. The minimum atomic E-state index is -0.249. The Labute approximate surface area is 70.6 Å². The molecule has 12 heavy (non-hydrogen) atoms. The second kappa shape index (κ2) is 2.85. The fourth-order valence-electron chi connectivity index (χ4n) is 1.24. The van der Waals surface area contributed by atoms with Crippen molar-refractivity contribution in [3.63, 3.8) is 0 Å². The first-order chi connectivity index (χ1) is 5.88. The summed E-state index contributed by atoms with van der Waals surface area (Å²) in [4.78, 5) is 12.7. The summed E-state index contributed by atoms with van der Waals surface area (Å²) >= 11 is 0. The summed E-state index contributed by atoms with van der Waals surface area (Å²) in [7, 11) is 0. The Morgan fingerprint density at radius 3 is 2.58 bits per heavy atom. The molecule has 0 saturated carbocycles. The Morgan fingerprint density at radius 2 is 2.00 bits per heavy atom. The lowest BCUT2D eigenvalue weighted by molar-refractivity contribution is 0.181. The second-order valence-corrected chi connectivity index (χ2v) is 2.60. The van der Waals surface area contributed by atoms with Crippen LogP contribution in [0.2, 0.25) is 0 Å². The van der Waals surface area contributed by atoms with E-state index in [1.54, 1.807) is 4.90 Å². The Balaban J connectivity index is 2.25. The third-order valence-electron chi connectivity index (χ3n) is 1.83. The second-order valence-electron chi connectivity index (χ2n) is 2.60. The summed E-state index contributed by atoms with van der Waals surface area (Å²) in [5.41, 5.74) is 0.903. The van der Waals surface area contributed by atoms with Crippen LogP contribution < -0.4 is 4.90 Å². The molecule has 1 aliphatic rings. The molecular weight excluding hydrogens is 154 g/mol. The van der Waals surface area contributed by atoms with E-state index in [1.165, 1.54) is 0 Å². The monoisotopic (exact) mass is 163 g/mol. The van der Waals surface area contributed by atoms with Gasteiger partial charge in [0.25, 0.3) is 0 Å². The highest BCUT2D eigenvalue weighted by atomic mass is 16.6. The maximum Gasteiger partial charge on any atom is 0.414 e. The van der Waals surface area contributed by atoms with Gasteiger partial charge in [-0.3, -0.25) is 4.90 Å². The lowest BCUT2D eigenvalue weighted by Crippen LogP contribution is -2.22. The topological polar surface area (TPSA) is 29.5 Å². The van der Waals surface area contributed by atoms with E-state index in [1.807, 2.05) is 30.3 Å². The van der Waals surface area contributed by atoms with Gasteiger partial charge in [-0.25, -0.2) is 4.79 Å². The van der Waals surface area contributed by atoms with Crippen molar-refractivity contribution in [3.8, 4) is 0 Å². The lowest BCUT2D eigenvalue weighted by atomic mass is 10.3. The number of rotatable bonds is 1. The average molecular weight is 163 g/mol. The molecule has 1 aromatic carbocycles. The molecule has 0 atom stereocenters. The Kier molecular flexibility index (Phi) is 1.70. The number of hydrogen-bond donors (Lipinski definition) is 0. The Morgan fingerprint density at radius 1 is 1.25 bits per heavy atom. The maximum atomic E-state index is 11.1. The van der Waals surface area contributed by atoms with Crippen molar-refractivity contribution < 1.29 is 9.53 Å². The zero-order valence-corrected chi connectivity index (χ0v) is 6.56. The molecule has 0 N–H and O–H groups in total. The van der Waals surface area contributed by atoms with E-state index in [9.17, 15) is 4.79 Å². The fourth-order valence-corrected chi connectivity index (χ4v) is 1.24. The summed E-state index contributed by atoms with van der Waals surface area (Å²) < 4.78 is 4.81. The van der Waals surface area contributed by atoms with Crippen molar-refractivity contribution >= 4 is 11.8 Å². The molecule has 0 radical (unpaired) electrons. The van der Waals surface area contributed by atoms with Gasteiger partial charge in [-0.15, -0.1) is 0 Å². The third-order valence-corrected chi connectivity index (χ3v) is 1.83.